The molecule has 2 aromatic carbocycles. The molecule has 0 aromatic heterocycles. The molecule has 0 atom stereocenters. The van der Waals surface area contributed by atoms with Gasteiger partial charge in [-0.2, -0.15) is 0 Å². The number of ether oxygens (including phenoxy) is 1. The van der Waals surface area contributed by atoms with E-state index in [-0.39, 0.29) is 29.6 Å². The Labute approximate surface area is 140 Å². The molecule has 20 heavy (non-hydrogen) atoms. The van der Waals surface area contributed by atoms with Gasteiger partial charge in [0.25, 0.3) is 0 Å². The quantitative estimate of drug-likeness (QED) is 0.542. The maximum atomic E-state index is 10.8. The molecule has 0 bridgehead atoms. The molecule has 0 radical (unpaired) electrons. The van der Waals surface area contributed by atoms with Gasteiger partial charge >= 0.3 is 29.6 Å². The van der Waals surface area contributed by atoms with Crippen LogP contribution < -0.4 is 34.3 Å². The van der Waals surface area contributed by atoms with Gasteiger partial charge in [0.1, 0.15) is 12.4 Å². The van der Waals surface area contributed by atoms with E-state index in [9.17, 15) is 13.0 Å². The van der Waals surface area contributed by atoms with Gasteiger partial charge in [-0.1, -0.05) is 48.5 Å². The Morgan fingerprint density at radius 2 is 1.55 bits per heavy atom. The topological polar surface area (TPSA) is 66.4 Å². The van der Waals surface area contributed by atoms with E-state index >= 15 is 0 Å². The summed E-state index contributed by atoms with van der Waals surface area (Å²) < 4.78 is 38.0. The summed E-state index contributed by atoms with van der Waals surface area (Å²) in [5, 5.41) is 0. The van der Waals surface area contributed by atoms with Crippen molar-refractivity contribution in [1.29, 1.82) is 0 Å². The summed E-state index contributed by atoms with van der Waals surface area (Å²) in [4.78, 5) is 0. The first-order valence-corrected chi connectivity index (χ1v) is 7.30. The molecule has 100 valence electrons. The van der Waals surface area contributed by atoms with Crippen molar-refractivity contribution in [3.05, 3.63) is 65.7 Å². The minimum Gasteiger partial charge on any atom is -0.748 e. The predicted octanol–water partition coefficient (Wildman–Crippen LogP) is -0.685. The maximum Gasteiger partial charge on any atom is 1.00 e. The summed E-state index contributed by atoms with van der Waals surface area (Å²) in [7, 11) is -4.31. The molecular formula is C14H13NaO4S. The van der Waals surface area contributed by atoms with Crippen molar-refractivity contribution >= 4 is 10.1 Å². The van der Waals surface area contributed by atoms with E-state index in [0.29, 0.717) is 17.9 Å². The van der Waals surface area contributed by atoms with Crippen LogP contribution in [0.25, 0.3) is 0 Å². The molecule has 0 saturated carbocycles. The number of benzene rings is 2. The molecule has 2 rings (SSSR count). The van der Waals surface area contributed by atoms with Crippen LogP contribution >= 0.6 is 0 Å². The van der Waals surface area contributed by atoms with Crippen LogP contribution in [0.4, 0.5) is 0 Å². The molecule has 0 aliphatic rings. The van der Waals surface area contributed by atoms with E-state index in [4.69, 9.17) is 4.74 Å². The van der Waals surface area contributed by atoms with Crippen molar-refractivity contribution in [3.8, 4) is 5.75 Å². The summed E-state index contributed by atoms with van der Waals surface area (Å²) in [5.74, 6) is -0.136. The Morgan fingerprint density at radius 1 is 0.950 bits per heavy atom. The Hall–Kier alpha value is -0.850. The second-order valence-corrected chi connectivity index (χ2v) is 5.49. The van der Waals surface area contributed by atoms with E-state index in [1.165, 1.54) is 0 Å². The van der Waals surface area contributed by atoms with Crippen molar-refractivity contribution in [2.24, 2.45) is 0 Å². The van der Waals surface area contributed by atoms with Crippen molar-refractivity contribution in [3.63, 3.8) is 0 Å². The Balaban J connectivity index is 0.00000200. The zero-order valence-corrected chi connectivity index (χ0v) is 14.0. The standard InChI is InChI=1S/C14H14O4S.Na/c15-19(16,17)11-13-8-4-5-9-14(13)18-10-12-6-2-1-3-7-12;/h1-9H,10-11H2,(H,15,16,17);/q;+1/p-1. The monoisotopic (exact) mass is 300 g/mol. The number of hydrogen-bond acceptors (Lipinski definition) is 4. The van der Waals surface area contributed by atoms with Crippen LogP contribution in [0, 0.1) is 0 Å². The largest absolute Gasteiger partial charge is 1.00 e. The van der Waals surface area contributed by atoms with E-state index in [2.05, 4.69) is 0 Å². The van der Waals surface area contributed by atoms with Gasteiger partial charge in [-0.15, -0.1) is 0 Å². The molecular weight excluding hydrogens is 287 g/mol. The molecule has 0 unspecified atom stereocenters. The van der Waals surface area contributed by atoms with Crippen LogP contribution in [0.2, 0.25) is 0 Å². The molecule has 0 spiro atoms. The SMILES string of the molecule is O=S(=O)([O-])Cc1ccccc1OCc1ccccc1.[Na+]. The zero-order chi connectivity index (χ0) is 13.7. The van der Waals surface area contributed by atoms with Gasteiger partial charge in [-0.05, 0) is 11.6 Å². The van der Waals surface area contributed by atoms with Gasteiger partial charge in [0, 0.05) is 5.56 Å². The molecule has 0 N–H and O–H groups in total. The van der Waals surface area contributed by atoms with Gasteiger partial charge in [-0.3, -0.25) is 0 Å². The van der Waals surface area contributed by atoms with Gasteiger partial charge in [0.2, 0.25) is 0 Å². The molecule has 0 heterocycles. The zero-order valence-electron chi connectivity index (χ0n) is 11.2. The van der Waals surface area contributed by atoms with E-state index < -0.39 is 15.9 Å². The summed E-state index contributed by atoms with van der Waals surface area (Å²) in [6.07, 6.45) is 0. The summed E-state index contributed by atoms with van der Waals surface area (Å²) in [6, 6.07) is 16.2. The van der Waals surface area contributed by atoms with Crippen molar-refractivity contribution in [2.45, 2.75) is 12.4 Å². The van der Waals surface area contributed by atoms with E-state index in [1.54, 1.807) is 24.3 Å². The fourth-order valence-corrected chi connectivity index (χ4v) is 2.31. The third kappa shape index (κ3) is 5.64. The van der Waals surface area contributed by atoms with Gasteiger partial charge in [-0.25, -0.2) is 8.42 Å². The second-order valence-electron chi connectivity index (χ2n) is 4.08. The summed E-state index contributed by atoms with van der Waals surface area (Å²) >= 11 is 0. The first-order chi connectivity index (χ1) is 9.04. The smallest absolute Gasteiger partial charge is 0.748 e. The third-order valence-corrected chi connectivity index (χ3v) is 3.21. The number of para-hydroxylation sites is 1. The number of rotatable bonds is 5. The first-order valence-electron chi connectivity index (χ1n) is 5.73. The van der Waals surface area contributed by atoms with Gasteiger partial charge < -0.3 is 9.29 Å². The van der Waals surface area contributed by atoms with Crippen LogP contribution in [-0.2, 0) is 22.5 Å². The molecule has 0 aliphatic heterocycles. The van der Waals surface area contributed by atoms with E-state index in [0.717, 1.165) is 5.56 Å². The predicted molar refractivity (Wildman–Crippen MR) is 70.6 cm³/mol. The fourth-order valence-electron chi connectivity index (χ4n) is 1.69. The molecule has 2 aromatic rings. The molecule has 6 heteroatoms. The fraction of sp³-hybridized carbons (Fsp3) is 0.143. The third-order valence-electron chi connectivity index (χ3n) is 2.54. The average Bonchev–Trinajstić information content (AvgIpc) is 2.37. The van der Waals surface area contributed by atoms with Gasteiger partial charge in [0.05, 0.1) is 15.9 Å². The van der Waals surface area contributed by atoms with Crippen LogP contribution in [-0.4, -0.2) is 13.0 Å². The summed E-state index contributed by atoms with van der Waals surface area (Å²) in [5.41, 5.74) is 1.36. The minimum atomic E-state index is -4.31. The molecule has 4 nitrogen and oxygen atoms in total. The number of hydrogen-bond donors (Lipinski definition) is 0. The second kappa shape index (κ2) is 7.81. The average molecular weight is 300 g/mol. The molecule has 0 fully saturated rings. The molecule has 0 aliphatic carbocycles. The minimum absolute atomic E-state index is 0. The van der Waals surface area contributed by atoms with Crippen LogP contribution in [0.5, 0.6) is 5.75 Å². The van der Waals surface area contributed by atoms with Gasteiger partial charge in [0.15, 0.2) is 0 Å². The Kier molecular flexibility index (Phi) is 6.71. The molecule has 0 amide bonds. The summed E-state index contributed by atoms with van der Waals surface area (Å²) in [6.45, 7) is 0.330. The van der Waals surface area contributed by atoms with Crippen molar-refractivity contribution in [2.75, 3.05) is 0 Å². The van der Waals surface area contributed by atoms with E-state index in [1.807, 2.05) is 30.3 Å². The maximum absolute atomic E-state index is 10.8. The van der Waals surface area contributed by atoms with Crippen LogP contribution in [0.3, 0.4) is 0 Å². The first kappa shape index (κ1) is 17.2. The van der Waals surface area contributed by atoms with Crippen molar-refractivity contribution in [1.82, 2.24) is 0 Å². The van der Waals surface area contributed by atoms with Crippen LogP contribution in [0.15, 0.2) is 54.6 Å². The Morgan fingerprint density at radius 3 is 2.20 bits per heavy atom. The van der Waals surface area contributed by atoms with Crippen LogP contribution in [0.1, 0.15) is 11.1 Å². The Bertz CT molecular complexity index is 641. The van der Waals surface area contributed by atoms with Crippen molar-refractivity contribution < 1.29 is 47.3 Å². The normalized spacial score (nSPS) is 10.7. The molecule has 0 saturated heterocycles.